The first-order valence-corrected chi connectivity index (χ1v) is 10.2. The van der Waals surface area contributed by atoms with E-state index in [9.17, 15) is 14.7 Å². The van der Waals surface area contributed by atoms with Gasteiger partial charge in [0.15, 0.2) is 16.9 Å². The van der Waals surface area contributed by atoms with Gasteiger partial charge in [-0.15, -0.1) is 0 Å². The van der Waals surface area contributed by atoms with Gasteiger partial charge in [0.05, 0.1) is 30.2 Å². The maximum absolute atomic E-state index is 13.6. The molecule has 0 aliphatic carbocycles. The third-order valence-electron chi connectivity index (χ3n) is 5.53. The van der Waals surface area contributed by atoms with Crippen molar-refractivity contribution in [3.05, 3.63) is 68.6 Å². The standard InChI is InChI=1S/C24H25NO6/c1-5-30-18-12-15(6-7-17(18)26)20-19-21(27)16-11-13(2)10-14(3)22(16)31-23(19)24(28)25(20)8-9-29-4/h6-7,10-12,20,26H,5,8-9H2,1-4H3/t20-/m0/s1. The Bertz CT molecular complexity index is 1230. The summed E-state index contributed by atoms with van der Waals surface area (Å²) >= 11 is 0. The molecule has 1 aromatic heterocycles. The fraction of sp³-hybridized carbons (Fsp3) is 0.333. The number of carbonyl (C=O) groups excluding carboxylic acids is 1. The van der Waals surface area contributed by atoms with Gasteiger partial charge in [0.25, 0.3) is 5.91 Å². The summed E-state index contributed by atoms with van der Waals surface area (Å²) in [6, 6.07) is 7.90. The third kappa shape index (κ3) is 3.45. The van der Waals surface area contributed by atoms with Crippen LogP contribution >= 0.6 is 0 Å². The van der Waals surface area contributed by atoms with E-state index in [1.165, 1.54) is 6.07 Å². The molecule has 1 aliphatic rings. The average molecular weight is 423 g/mol. The molecule has 2 aromatic carbocycles. The fourth-order valence-electron chi connectivity index (χ4n) is 4.21. The van der Waals surface area contributed by atoms with Crippen LogP contribution in [-0.2, 0) is 4.74 Å². The molecule has 2 heterocycles. The first kappa shape index (κ1) is 20.9. The SMILES string of the molecule is CCOc1cc([C@H]2c3c(oc4c(C)cc(C)cc4c3=O)C(=O)N2CCOC)ccc1O. The zero-order valence-corrected chi connectivity index (χ0v) is 18.0. The van der Waals surface area contributed by atoms with Crippen LogP contribution in [0.25, 0.3) is 11.0 Å². The number of phenolic OH excluding ortho intramolecular Hbond substituents is 1. The zero-order valence-electron chi connectivity index (χ0n) is 18.0. The van der Waals surface area contributed by atoms with E-state index in [0.29, 0.717) is 41.1 Å². The van der Waals surface area contributed by atoms with Crippen molar-refractivity contribution < 1.29 is 23.8 Å². The van der Waals surface area contributed by atoms with E-state index in [1.807, 2.05) is 26.8 Å². The molecule has 0 fully saturated rings. The number of benzene rings is 2. The van der Waals surface area contributed by atoms with Gasteiger partial charge in [0.1, 0.15) is 5.58 Å². The van der Waals surface area contributed by atoms with E-state index in [0.717, 1.165) is 11.1 Å². The summed E-state index contributed by atoms with van der Waals surface area (Å²) in [6.07, 6.45) is 0. The third-order valence-corrected chi connectivity index (χ3v) is 5.53. The van der Waals surface area contributed by atoms with E-state index in [4.69, 9.17) is 13.9 Å². The lowest BCUT2D eigenvalue weighted by Crippen LogP contribution is -2.32. The van der Waals surface area contributed by atoms with E-state index in [2.05, 4.69) is 0 Å². The minimum absolute atomic E-state index is 0.00427. The number of fused-ring (bicyclic) bond motifs is 2. The normalized spacial score (nSPS) is 15.5. The zero-order chi connectivity index (χ0) is 22.3. The van der Waals surface area contributed by atoms with Crippen molar-refractivity contribution in [2.45, 2.75) is 26.8 Å². The summed E-state index contributed by atoms with van der Waals surface area (Å²) in [4.78, 5) is 28.5. The van der Waals surface area contributed by atoms with Gasteiger partial charge in [0.2, 0.25) is 5.76 Å². The second kappa shape index (κ2) is 8.07. The molecule has 31 heavy (non-hydrogen) atoms. The van der Waals surface area contributed by atoms with E-state index < -0.39 is 6.04 Å². The van der Waals surface area contributed by atoms with Crippen LogP contribution in [0.3, 0.4) is 0 Å². The molecule has 1 N–H and O–H groups in total. The lowest BCUT2D eigenvalue weighted by molar-refractivity contribution is 0.0663. The highest BCUT2D eigenvalue weighted by atomic mass is 16.5. The lowest BCUT2D eigenvalue weighted by atomic mass is 9.97. The van der Waals surface area contributed by atoms with Crippen LogP contribution in [0, 0.1) is 13.8 Å². The van der Waals surface area contributed by atoms with Crippen molar-refractivity contribution >= 4 is 16.9 Å². The van der Waals surface area contributed by atoms with Gasteiger partial charge in [-0.25, -0.2) is 0 Å². The molecule has 0 saturated heterocycles. The summed E-state index contributed by atoms with van der Waals surface area (Å²) in [7, 11) is 1.56. The predicted molar refractivity (Wildman–Crippen MR) is 116 cm³/mol. The van der Waals surface area contributed by atoms with E-state index in [-0.39, 0.29) is 29.4 Å². The van der Waals surface area contributed by atoms with E-state index in [1.54, 1.807) is 30.2 Å². The number of hydrogen-bond donors (Lipinski definition) is 1. The van der Waals surface area contributed by atoms with E-state index >= 15 is 0 Å². The van der Waals surface area contributed by atoms with Gasteiger partial charge in [-0.2, -0.15) is 0 Å². The Kier molecular flexibility index (Phi) is 5.45. The second-order valence-corrected chi connectivity index (χ2v) is 7.69. The van der Waals surface area contributed by atoms with Crippen LogP contribution in [-0.4, -0.2) is 42.8 Å². The number of phenols is 1. The number of hydrogen-bond acceptors (Lipinski definition) is 6. The van der Waals surface area contributed by atoms with Crippen LogP contribution in [0.4, 0.5) is 0 Å². The van der Waals surface area contributed by atoms with Crippen LogP contribution in [0.5, 0.6) is 11.5 Å². The molecule has 1 atom stereocenters. The topological polar surface area (TPSA) is 89.2 Å². The molecule has 1 aliphatic heterocycles. The predicted octanol–water partition coefficient (Wildman–Crippen LogP) is 3.71. The maximum atomic E-state index is 13.6. The van der Waals surface area contributed by atoms with Crippen molar-refractivity contribution in [3.8, 4) is 11.5 Å². The smallest absolute Gasteiger partial charge is 0.290 e. The molecule has 0 unspecified atom stereocenters. The van der Waals surface area contributed by atoms with Crippen molar-refractivity contribution in [3.63, 3.8) is 0 Å². The largest absolute Gasteiger partial charge is 0.504 e. The highest BCUT2D eigenvalue weighted by Crippen LogP contribution is 2.41. The van der Waals surface area contributed by atoms with Crippen molar-refractivity contribution in [2.24, 2.45) is 0 Å². The minimum Gasteiger partial charge on any atom is -0.504 e. The molecule has 0 bridgehead atoms. The van der Waals surface area contributed by atoms with Gasteiger partial charge < -0.3 is 23.9 Å². The van der Waals surface area contributed by atoms with Gasteiger partial charge in [0, 0.05) is 13.7 Å². The van der Waals surface area contributed by atoms with Crippen LogP contribution in [0.2, 0.25) is 0 Å². The molecule has 7 heteroatoms. The molecule has 4 rings (SSSR count). The Balaban J connectivity index is 1.98. The summed E-state index contributed by atoms with van der Waals surface area (Å²) in [5.74, 6) is -0.0153. The molecule has 0 radical (unpaired) electrons. The average Bonchev–Trinajstić information content (AvgIpc) is 3.01. The number of ether oxygens (including phenoxy) is 2. The Morgan fingerprint density at radius 3 is 2.65 bits per heavy atom. The number of methoxy groups -OCH3 is 1. The number of rotatable bonds is 6. The Morgan fingerprint density at radius 2 is 1.94 bits per heavy atom. The van der Waals surface area contributed by atoms with Crippen LogP contribution < -0.4 is 10.2 Å². The lowest BCUT2D eigenvalue weighted by Gasteiger charge is -2.25. The molecular formula is C24H25NO6. The minimum atomic E-state index is -0.668. The molecule has 3 aromatic rings. The first-order valence-electron chi connectivity index (χ1n) is 10.2. The number of nitrogens with zero attached hydrogens (tertiary/aromatic N) is 1. The number of aromatic hydroxyl groups is 1. The Hall–Kier alpha value is -3.32. The van der Waals surface area contributed by atoms with Gasteiger partial charge in [-0.05, 0) is 55.7 Å². The van der Waals surface area contributed by atoms with Gasteiger partial charge >= 0.3 is 0 Å². The molecule has 0 saturated carbocycles. The van der Waals surface area contributed by atoms with Crippen molar-refractivity contribution in [1.29, 1.82) is 0 Å². The van der Waals surface area contributed by atoms with Crippen LogP contribution in [0.1, 0.15) is 45.8 Å². The molecular weight excluding hydrogens is 398 g/mol. The quantitative estimate of drug-likeness (QED) is 0.650. The highest BCUT2D eigenvalue weighted by Gasteiger charge is 2.42. The second-order valence-electron chi connectivity index (χ2n) is 7.69. The van der Waals surface area contributed by atoms with Crippen LogP contribution in [0.15, 0.2) is 39.5 Å². The number of carbonyl (C=O) groups is 1. The number of aryl methyl sites for hydroxylation is 2. The molecule has 162 valence electrons. The summed E-state index contributed by atoms with van der Waals surface area (Å²) in [5, 5.41) is 10.6. The molecule has 1 amide bonds. The maximum Gasteiger partial charge on any atom is 0.290 e. The van der Waals surface area contributed by atoms with Gasteiger partial charge in [-0.1, -0.05) is 12.1 Å². The van der Waals surface area contributed by atoms with Crippen molar-refractivity contribution in [2.75, 3.05) is 26.9 Å². The monoisotopic (exact) mass is 423 g/mol. The van der Waals surface area contributed by atoms with Crippen molar-refractivity contribution in [1.82, 2.24) is 4.90 Å². The van der Waals surface area contributed by atoms with Gasteiger partial charge in [-0.3, -0.25) is 9.59 Å². The Labute approximate surface area is 179 Å². The first-order chi connectivity index (χ1) is 14.9. The Morgan fingerprint density at radius 1 is 1.16 bits per heavy atom. The summed E-state index contributed by atoms with van der Waals surface area (Å²) < 4.78 is 16.7. The highest BCUT2D eigenvalue weighted by molar-refractivity contribution is 5.99. The molecule has 7 nitrogen and oxygen atoms in total. The fourth-order valence-corrected chi connectivity index (χ4v) is 4.21. The number of amides is 1. The molecule has 0 spiro atoms. The summed E-state index contributed by atoms with van der Waals surface area (Å²) in [5.41, 5.74) is 2.89. The summed E-state index contributed by atoms with van der Waals surface area (Å²) in [6.45, 7) is 6.55.